The van der Waals surface area contributed by atoms with Gasteiger partial charge in [-0.15, -0.1) is 11.8 Å². The van der Waals surface area contributed by atoms with Crippen molar-refractivity contribution in [2.24, 2.45) is 0 Å². The lowest BCUT2D eigenvalue weighted by molar-refractivity contribution is -0.140. The molecule has 1 aliphatic heterocycles. The Balaban J connectivity index is 1.74. The first-order valence-electron chi connectivity index (χ1n) is 6.18. The molecule has 0 saturated carbocycles. The molecule has 1 amide bonds. The Kier molecular flexibility index (Phi) is 4.72. The molecule has 2 heterocycles. The van der Waals surface area contributed by atoms with Gasteiger partial charge in [0, 0.05) is 13.1 Å². The highest BCUT2D eigenvalue weighted by Gasteiger charge is 2.25. The third-order valence-corrected chi connectivity index (χ3v) is 3.76. The molecule has 2 rings (SSSR count). The number of rotatable bonds is 4. The van der Waals surface area contributed by atoms with Crippen molar-refractivity contribution in [3.8, 4) is 0 Å². The topological polar surface area (TPSA) is 42.7 Å². The molecule has 0 aromatic carbocycles. The number of carbonyl (C=O) groups excluding carboxylic acids is 1. The maximum absolute atomic E-state index is 12.0. The molecule has 0 radical (unpaired) electrons. The molecule has 0 bridgehead atoms. The molecule has 1 fully saturated rings. The van der Waals surface area contributed by atoms with Gasteiger partial charge in [-0.05, 0) is 26.0 Å². The molecular weight excluding hydrogens is 250 g/mol. The van der Waals surface area contributed by atoms with Crippen molar-refractivity contribution >= 4 is 17.7 Å². The second-order valence-electron chi connectivity index (χ2n) is 4.63. The van der Waals surface area contributed by atoms with E-state index in [-0.39, 0.29) is 18.1 Å². The van der Waals surface area contributed by atoms with Crippen molar-refractivity contribution in [1.82, 2.24) is 4.90 Å². The van der Waals surface area contributed by atoms with Crippen LogP contribution >= 0.6 is 11.8 Å². The van der Waals surface area contributed by atoms with E-state index in [0.717, 1.165) is 11.5 Å². The number of nitrogens with zero attached hydrogens (tertiary/aromatic N) is 1. The van der Waals surface area contributed by atoms with Gasteiger partial charge in [-0.2, -0.15) is 0 Å². The third-order valence-electron chi connectivity index (χ3n) is 2.82. The van der Waals surface area contributed by atoms with Crippen LogP contribution < -0.4 is 0 Å². The van der Waals surface area contributed by atoms with Crippen LogP contribution in [0.3, 0.4) is 0 Å². The maximum Gasteiger partial charge on any atom is 0.232 e. The van der Waals surface area contributed by atoms with Gasteiger partial charge in [0.05, 0.1) is 30.0 Å². The Hall–Kier alpha value is -0.940. The molecule has 1 saturated heterocycles. The molecule has 100 valence electrons. The summed E-state index contributed by atoms with van der Waals surface area (Å²) in [6.07, 6.45) is 1.92. The van der Waals surface area contributed by atoms with E-state index in [0.29, 0.717) is 18.8 Å². The lowest BCUT2D eigenvalue weighted by atomic mass is 10.2. The number of furan rings is 1. The van der Waals surface area contributed by atoms with Gasteiger partial charge in [-0.3, -0.25) is 4.79 Å². The quantitative estimate of drug-likeness (QED) is 0.840. The Morgan fingerprint density at radius 2 is 2.17 bits per heavy atom. The van der Waals surface area contributed by atoms with E-state index >= 15 is 0 Å². The summed E-state index contributed by atoms with van der Waals surface area (Å²) in [4.78, 5) is 13.9. The maximum atomic E-state index is 12.0. The van der Waals surface area contributed by atoms with Gasteiger partial charge in [-0.25, -0.2) is 0 Å². The van der Waals surface area contributed by atoms with Crippen LogP contribution in [-0.4, -0.2) is 41.9 Å². The predicted octanol–water partition coefficient (Wildman–Crippen LogP) is 2.15. The number of morpholine rings is 1. The van der Waals surface area contributed by atoms with E-state index in [2.05, 4.69) is 0 Å². The third kappa shape index (κ3) is 3.78. The van der Waals surface area contributed by atoms with Gasteiger partial charge >= 0.3 is 0 Å². The summed E-state index contributed by atoms with van der Waals surface area (Å²) in [7, 11) is 0. The average molecular weight is 269 g/mol. The largest absolute Gasteiger partial charge is 0.468 e. The minimum Gasteiger partial charge on any atom is -0.468 e. The number of thioether (sulfide) groups is 1. The van der Waals surface area contributed by atoms with E-state index in [9.17, 15) is 4.79 Å². The normalized spacial score (nSPS) is 24.2. The van der Waals surface area contributed by atoms with E-state index < -0.39 is 0 Å². The number of carbonyl (C=O) groups is 1. The smallest absolute Gasteiger partial charge is 0.232 e. The highest BCUT2D eigenvalue weighted by molar-refractivity contribution is 7.99. The highest BCUT2D eigenvalue weighted by Crippen LogP contribution is 2.15. The van der Waals surface area contributed by atoms with Crippen LogP contribution in [0.5, 0.6) is 0 Å². The fraction of sp³-hybridized carbons (Fsp3) is 0.615. The molecule has 0 N–H and O–H groups in total. The Bertz CT molecular complexity index is 370. The second kappa shape index (κ2) is 6.29. The van der Waals surface area contributed by atoms with Crippen molar-refractivity contribution in [2.75, 3.05) is 18.8 Å². The van der Waals surface area contributed by atoms with Gasteiger partial charge in [0.1, 0.15) is 5.76 Å². The molecular formula is C13H19NO3S. The van der Waals surface area contributed by atoms with Crippen molar-refractivity contribution in [1.29, 1.82) is 0 Å². The molecule has 0 unspecified atom stereocenters. The zero-order valence-electron chi connectivity index (χ0n) is 10.8. The number of amides is 1. The number of hydrogen-bond acceptors (Lipinski definition) is 4. The zero-order valence-corrected chi connectivity index (χ0v) is 11.6. The van der Waals surface area contributed by atoms with Crippen molar-refractivity contribution in [2.45, 2.75) is 31.8 Å². The fourth-order valence-electron chi connectivity index (χ4n) is 2.11. The van der Waals surface area contributed by atoms with Crippen LogP contribution in [0.15, 0.2) is 22.8 Å². The number of ether oxygens (including phenoxy) is 1. The monoisotopic (exact) mass is 269 g/mol. The van der Waals surface area contributed by atoms with Crippen LogP contribution in [-0.2, 0) is 15.3 Å². The molecule has 0 spiro atoms. The SMILES string of the molecule is C[C@@H]1CN(C(=O)CSCc2ccco2)C[C@H](C)O1. The summed E-state index contributed by atoms with van der Waals surface area (Å²) in [6.45, 7) is 5.41. The second-order valence-corrected chi connectivity index (χ2v) is 5.61. The molecule has 1 aromatic rings. The minimum absolute atomic E-state index is 0.132. The van der Waals surface area contributed by atoms with Gasteiger partial charge in [-0.1, -0.05) is 0 Å². The summed E-state index contributed by atoms with van der Waals surface area (Å²) in [5, 5.41) is 0. The fourth-order valence-corrected chi connectivity index (χ4v) is 2.93. The van der Waals surface area contributed by atoms with E-state index in [1.807, 2.05) is 30.9 Å². The zero-order chi connectivity index (χ0) is 13.0. The molecule has 1 aromatic heterocycles. The Morgan fingerprint density at radius 3 is 2.78 bits per heavy atom. The Morgan fingerprint density at radius 1 is 1.44 bits per heavy atom. The van der Waals surface area contributed by atoms with E-state index in [4.69, 9.17) is 9.15 Å². The van der Waals surface area contributed by atoms with E-state index in [1.165, 1.54) is 0 Å². The van der Waals surface area contributed by atoms with Gasteiger partial charge in [0.15, 0.2) is 0 Å². The summed E-state index contributed by atoms with van der Waals surface area (Å²) < 4.78 is 10.8. The first kappa shape index (κ1) is 13.5. The van der Waals surface area contributed by atoms with Crippen LogP contribution in [0, 0.1) is 0 Å². The van der Waals surface area contributed by atoms with Crippen molar-refractivity contribution < 1.29 is 13.9 Å². The van der Waals surface area contributed by atoms with Gasteiger partial charge in [0.25, 0.3) is 0 Å². The first-order valence-corrected chi connectivity index (χ1v) is 7.34. The first-order chi connectivity index (χ1) is 8.65. The molecule has 4 nitrogen and oxygen atoms in total. The average Bonchev–Trinajstić information content (AvgIpc) is 2.80. The van der Waals surface area contributed by atoms with Crippen molar-refractivity contribution in [3.63, 3.8) is 0 Å². The lowest BCUT2D eigenvalue weighted by Gasteiger charge is -2.35. The predicted molar refractivity (Wildman–Crippen MR) is 71.5 cm³/mol. The number of hydrogen-bond donors (Lipinski definition) is 0. The van der Waals surface area contributed by atoms with Crippen LogP contribution in [0.4, 0.5) is 0 Å². The lowest BCUT2D eigenvalue weighted by Crippen LogP contribution is -2.48. The van der Waals surface area contributed by atoms with Gasteiger partial charge < -0.3 is 14.1 Å². The molecule has 5 heteroatoms. The molecule has 1 aliphatic rings. The molecule has 2 atom stereocenters. The standard InChI is InChI=1S/C13H19NO3S/c1-10-6-14(7-11(2)17-10)13(15)9-18-8-12-4-3-5-16-12/h3-5,10-11H,6-9H2,1-2H3/t10-,11+. The van der Waals surface area contributed by atoms with Crippen LogP contribution in [0.1, 0.15) is 19.6 Å². The minimum atomic E-state index is 0.132. The molecule has 0 aliphatic carbocycles. The highest BCUT2D eigenvalue weighted by atomic mass is 32.2. The van der Waals surface area contributed by atoms with Crippen LogP contribution in [0.25, 0.3) is 0 Å². The summed E-state index contributed by atoms with van der Waals surface area (Å²) in [5.74, 6) is 2.35. The summed E-state index contributed by atoms with van der Waals surface area (Å²) >= 11 is 1.59. The van der Waals surface area contributed by atoms with Crippen LogP contribution in [0.2, 0.25) is 0 Å². The molecule has 18 heavy (non-hydrogen) atoms. The van der Waals surface area contributed by atoms with Crippen molar-refractivity contribution in [3.05, 3.63) is 24.2 Å². The van der Waals surface area contributed by atoms with E-state index in [1.54, 1.807) is 18.0 Å². The summed E-state index contributed by atoms with van der Waals surface area (Å²) in [5.41, 5.74) is 0. The summed E-state index contributed by atoms with van der Waals surface area (Å²) in [6, 6.07) is 3.79. The van der Waals surface area contributed by atoms with Gasteiger partial charge in [0.2, 0.25) is 5.91 Å². The Labute approximate surface area is 112 Å².